The molecule has 5 heteroatoms. The van der Waals surface area contributed by atoms with Gasteiger partial charge in [0.05, 0.1) is 5.56 Å². The summed E-state index contributed by atoms with van der Waals surface area (Å²) in [5, 5.41) is 9.67. The van der Waals surface area contributed by atoms with Crippen LogP contribution < -0.4 is 0 Å². The van der Waals surface area contributed by atoms with Gasteiger partial charge in [0.25, 0.3) is 0 Å². The molecule has 1 aromatic rings. The highest BCUT2D eigenvalue weighted by Gasteiger charge is 2.43. The number of phenolic OH excluding ortho intramolecular Hbond substituents is 1. The minimum Gasteiger partial charge on any atom is -0.505 e. The normalized spacial score (nSPS) is 15.5. The van der Waals surface area contributed by atoms with Gasteiger partial charge in [0, 0.05) is 5.56 Å². The first kappa shape index (κ1) is 17.8. The third-order valence-corrected chi connectivity index (χ3v) is 3.38. The summed E-state index contributed by atoms with van der Waals surface area (Å²) in [6.45, 7) is 8.81. The highest BCUT2D eigenvalue weighted by molar-refractivity contribution is 5.50. The highest BCUT2D eigenvalue weighted by atomic mass is 19.4. The van der Waals surface area contributed by atoms with Gasteiger partial charge >= 0.3 is 6.18 Å². The molecule has 0 aromatic heterocycles. The third kappa shape index (κ3) is 3.69. The second kappa shape index (κ2) is 5.85. The van der Waals surface area contributed by atoms with Gasteiger partial charge in [-0.1, -0.05) is 40.7 Å². The Labute approximate surface area is 123 Å². The van der Waals surface area contributed by atoms with Crippen molar-refractivity contribution in [3.63, 3.8) is 0 Å². The zero-order valence-corrected chi connectivity index (χ0v) is 13.0. The van der Waals surface area contributed by atoms with Crippen molar-refractivity contribution in [3.8, 4) is 5.75 Å². The van der Waals surface area contributed by atoms with Gasteiger partial charge in [0.15, 0.2) is 11.6 Å². The van der Waals surface area contributed by atoms with Crippen LogP contribution >= 0.6 is 0 Å². The molecule has 0 amide bonds. The molecule has 0 aliphatic heterocycles. The Kier molecular flexibility index (Phi) is 4.96. The van der Waals surface area contributed by atoms with Gasteiger partial charge in [-0.2, -0.15) is 13.2 Å². The van der Waals surface area contributed by atoms with Gasteiger partial charge in [0.2, 0.25) is 0 Å². The van der Waals surface area contributed by atoms with Crippen molar-refractivity contribution in [2.45, 2.75) is 65.0 Å². The molecule has 0 radical (unpaired) electrons. The SMILES string of the molecule is CC.CC(C)(C)c1cc(C2CC2)c(O)c(F)c1C(F)(F)F. The standard InChI is InChI=1S/C14H16F4O.C2H6/c1-13(2,3)9-6-8(7-4-5-7)12(19)11(15)10(9)14(16,17)18;1-2/h6-7,19H,4-5H2,1-3H3;1-2H3. The van der Waals surface area contributed by atoms with Crippen molar-refractivity contribution >= 4 is 0 Å². The molecular formula is C16H22F4O. The molecule has 0 atom stereocenters. The van der Waals surface area contributed by atoms with Crippen molar-refractivity contribution in [1.82, 2.24) is 0 Å². The topological polar surface area (TPSA) is 20.2 Å². The number of rotatable bonds is 1. The summed E-state index contributed by atoms with van der Waals surface area (Å²) >= 11 is 0. The first-order valence-electron chi connectivity index (χ1n) is 7.16. The van der Waals surface area contributed by atoms with E-state index in [1.807, 2.05) is 13.8 Å². The van der Waals surface area contributed by atoms with E-state index in [2.05, 4.69) is 0 Å². The Bertz CT molecular complexity index is 508. The van der Waals surface area contributed by atoms with E-state index in [0.29, 0.717) is 5.56 Å². The minimum atomic E-state index is -4.81. The monoisotopic (exact) mass is 306 g/mol. The zero-order chi connectivity index (χ0) is 16.6. The van der Waals surface area contributed by atoms with Crippen molar-refractivity contribution in [3.05, 3.63) is 28.6 Å². The molecule has 2 rings (SSSR count). The molecule has 0 unspecified atom stereocenters. The van der Waals surface area contributed by atoms with E-state index in [0.717, 1.165) is 12.8 Å². The molecule has 0 bridgehead atoms. The summed E-state index contributed by atoms with van der Waals surface area (Å²) in [5.74, 6) is -2.40. The molecule has 0 spiro atoms. The zero-order valence-electron chi connectivity index (χ0n) is 13.0. The number of hydrogen-bond donors (Lipinski definition) is 1. The van der Waals surface area contributed by atoms with E-state index >= 15 is 0 Å². The van der Waals surface area contributed by atoms with Crippen LogP contribution in [0.1, 0.15) is 70.1 Å². The Morgan fingerprint density at radius 3 is 1.90 bits per heavy atom. The Morgan fingerprint density at radius 2 is 1.57 bits per heavy atom. The van der Waals surface area contributed by atoms with E-state index in [9.17, 15) is 22.7 Å². The average molecular weight is 306 g/mol. The molecule has 1 aliphatic carbocycles. The smallest absolute Gasteiger partial charge is 0.419 e. The number of benzene rings is 1. The van der Waals surface area contributed by atoms with Crippen LogP contribution in [0.2, 0.25) is 0 Å². The summed E-state index contributed by atoms with van der Waals surface area (Å²) in [6, 6.07) is 1.32. The fourth-order valence-electron chi connectivity index (χ4n) is 2.23. The molecular weight excluding hydrogens is 284 g/mol. The number of halogens is 4. The summed E-state index contributed by atoms with van der Waals surface area (Å²) in [6.07, 6.45) is -3.25. The van der Waals surface area contributed by atoms with Gasteiger partial charge in [-0.05, 0) is 29.7 Å². The molecule has 1 nitrogen and oxygen atoms in total. The lowest BCUT2D eigenvalue weighted by molar-refractivity contribution is -0.141. The van der Waals surface area contributed by atoms with Crippen LogP contribution in [0.3, 0.4) is 0 Å². The van der Waals surface area contributed by atoms with Crippen LogP contribution in [-0.2, 0) is 11.6 Å². The van der Waals surface area contributed by atoms with Gasteiger partial charge in [-0.25, -0.2) is 4.39 Å². The van der Waals surface area contributed by atoms with Gasteiger partial charge in [-0.15, -0.1) is 0 Å². The first-order chi connectivity index (χ1) is 9.53. The van der Waals surface area contributed by atoms with Crippen LogP contribution in [0.25, 0.3) is 0 Å². The lowest BCUT2D eigenvalue weighted by Crippen LogP contribution is -2.22. The molecule has 1 fully saturated rings. The van der Waals surface area contributed by atoms with Crippen LogP contribution in [0.4, 0.5) is 17.6 Å². The van der Waals surface area contributed by atoms with Crippen LogP contribution in [0.15, 0.2) is 6.07 Å². The Balaban J connectivity index is 0.00000106. The molecule has 0 saturated heterocycles. The van der Waals surface area contributed by atoms with Crippen molar-refractivity contribution < 1.29 is 22.7 Å². The molecule has 120 valence electrons. The van der Waals surface area contributed by atoms with E-state index < -0.39 is 28.7 Å². The number of aromatic hydroxyl groups is 1. The quantitative estimate of drug-likeness (QED) is 0.655. The van der Waals surface area contributed by atoms with E-state index in [1.165, 1.54) is 6.07 Å². The van der Waals surface area contributed by atoms with E-state index in [4.69, 9.17) is 0 Å². The minimum absolute atomic E-state index is 0.0158. The molecule has 21 heavy (non-hydrogen) atoms. The molecule has 1 N–H and O–H groups in total. The van der Waals surface area contributed by atoms with Gasteiger partial charge < -0.3 is 5.11 Å². The largest absolute Gasteiger partial charge is 0.505 e. The van der Waals surface area contributed by atoms with Crippen LogP contribution in [0, 0.1) is 5.82 Å². The fraction of sp³-hybridized carbons (Fsp3) is 0.625. The summed E-state index contributed by atoms with van der Waals surface area (Å²) < 4.78 is 53.0. The maximum absolute atomic E-state index is 14.0. The van der Waals surface area contributed by atoms with Gasteiger partial charge in [-0.3, -0.25) is 0 Å². The van der Waals surface area contributed by atoms with Crippen molar-refractivity contribution in [2.75, 3.05) is 0 Å². The van der Waals surface area contributed by atoms with E-state index in [-0.39, 0.29) is 11.5 Å². The predicted molar refractivity (Wildman–Crippen MR) is 75.1 cm³/mol. The van der Waals surface area contributed by atoms with Crippen LogP contribution in [0.5, 0.6) is 5.75 Å². The third-order valence-electron chi connectivity index (χ3n) is 3.38. The maximum Gasteiger partial charge on any atom is 0.419 e. The molecule has 0 heterocycles. The number of alkyl halides is 3. The summed E-state index contributed by atoms with van der Waals surface area (Å²) in [5.41, 5.74) is -1.99. The number of hydrogen-bond acceptors (Lipinski definition) is 1. The summed E-state index contributed by atoms with van der Waals surface area (Å²) in [7, 11) is 0. The van der Waals surface area contributed by atoms with Crippen molar-refractivity contribution in [1.29, 1.82) is 0 Å². The number of phenols is 1. The molecule has 1 aliphatic rings. The maximum atomic E-state index is 14.0. The Morgan fingerprint density at radius 1 is 1.10 bits per heavy atom. The highest BCUT2D eigenvalue weighted by Crippen LogP contribution is 2.49. The fourth-order valence-corrected chi connectivity index (χ4v) is 2.23. The molecule has 1 saturated carbocycles. The lowest BCUT2D eigenvalue weighted by atomic mass is 9.81. The summed E-state index contributed by atoms with van der Waals surface area (Å²) in [4.78, 5) is 0. The average Bonchev–Trinajstić information content (AvgIpc) is 3.16. The molecule has 1 aromatic carbocycles. The first-order valence-corrected chi connectivity index (χ1v) is 7.16. The van der Waals surface area contributed by atoms with Crippen molar-refractivity contribution in [2.24, 2.45) is 0 Å². The second-order valence-corrected chi connectivity index (χ2v) is 6.07. The Hall–Kier alpha value is -1.26. The van der Waals surface area contributed by atoms with Gasteiger partial charge in [0.1, 0.15) is 0 Å². The van der Waals surface area contributed by atoms with Crippen LogP contribution in [-0.4, -0.2) is 5.11 Å². The second-order valence-electron chi connectivity index (χ2n) is 6.07. The van der Waals surface area contributed by atoms with E-state index in [1.54, 1.807) is 20.8 Å². The predicted octanol–water partition coefficient (Wildman–Crippen LogP) is 5.75. The lowest BCUT2D eigenvalue weighted by Gasteiger charge is -2.26.